The Labute approximate surface area is 178 Å². The SMILES string of the molecule is CCC1Cc2ccccc2S(=O)(=O)N(Cc2cc(CCC(=O)O)cc3c2CCC3)C1. The molecule has 2 aliphatic rings. The summed E-state index contributed by atoms with van der Waals surface area (Å²) in [5, 5.41) is 9.06. The summed E-state index contributed by atoms with van der Waals surface area (Å²) >= 11 is 0. The molecule has 0 amide bonds. The van der Waals surface area contributed by atoms with Crippen LogP contribution in [0.15, 0.2) is 41.3 Å². The van der Waals surface area contributed by atoms with E-state index in [1.165, 1.54) is 11.1 Å². The lowest BCUT2D eigenvalue weighted by molar-refractivity contribution is -0.136. The van der Waals surface area contributed by atoms with Gasteiger partial charge in [0.15, 0.2) is 0 Å². The van der Waals surface area contributed by atoms with Crippen molar-refractivity contribution in [3.8, 4) is 0 Å². The van der Waals surface area contributed by atoms with Crippen LogP contribution in [0.25, 0.3) is 0 Å². The summed E-state index contributed by atoms with van der Waals surface area (Å²) in [6, 6.07) is 11.5. The van der Waals surface area contributed by atoms with Gasteiger partial charge in [-0.2, -0.15) is 4.31 Å². The number of carbonyl (C=O) groups is 1. The number of aryl methyl sites for hydroxylation is 2. The fraction of sp³-hybridized carbons (Fsp3) is 0.458. The third kappa shape index (κ3) is 4.16. The quantitative estimate of drug-likeness (QED) is 0.757. The number of hydrogen-bond donors (Lipinski definition) is 1. The monoisotopic (exact) mass is 427 g/mol. The van der Waals surface area contributed by atoms with E-state index in [1.807, 2.05) is 18.2 Å². The van der Waals surface area contributed by atoms with Gasteiger partial charge < -0.3 is 5.11 Å². The second-order valence-electron chi connectivity index (χ2n) is 8.52. The molecule has 2 aromatic rings. The molecule has 1 aliphatic heterocycles. The van der Waals surface area contributed by atoms with Crippen molar-refractivity contribution >= 4 is 16.0 Å². The first kappa shape index (κ1) is 21.1. The summed E-state index contributed by atoms with van der Waals surface area (Å²) in [6.07, 6.45) is 5.28. The van der Waals surface area contributed by atoms with E-state index in [2.05, 4.69) is 13.0 Å². The number of rotatable bonds is 6. The van der Waals surface area contributed by atoms with Gasteiger partial charge in [0.05, 0.1) is 4.90 Å². The summed E-state index contributed by atoms with van der Waals surface area (Å²) in [7, 11) is -3.58. The van der Waals surface area contributed by atoms with E-state index in [-0.39, 0.29) is 12.3 Å². The lowest BCUT2D eigenvalue weighted by Crippen LogP contribution is -2.33. The minimum absolute atomic E-state index is 0.0888. The van der Waals surface area contributed by atoms with Crippen LogP contribution in [0.3, 0.4) is 0 Å². The molecule has 1 atom stereocenters. The van der Waals surface area contributed by atoms with Gasteiger partial charge >= 0.3 is 5.97 Å². The molecule has 0 spiro atoms. The summed E-state index contributed by atoms with van der Waals surface area (Å²) in [5.41, 5.74) is 5.46. The maximum Gasteiger partial charge on any atom is 0.303 e. The molecule has 0 fully saturated rings. The van der Waals surface area contributed by atoms with E-state index >= 15 is 0 Å². The highest BCUT2D eigenvalue weighted by molar-refractivity contribution is 7.89. The molecule has 0 aromatic heterocycles. The Morgan fingerprint density at radius 2 is 1.97 bits per heavy atom. The van der Waals surface area contributed by atoms with Gasteiger partial charge in [-0.15, -0.1) is 0 Å². The van der Waals surface area contributed by atoms with Crippen LogP contribution in [0.5, 0.6) is 0 Å². The fourth-order valence-electron chi connectivity index (χ4n) is 4.84. The summed E-state index contributed by atoms with van der Waals surface area (Å²) < 4.78 is 28.7. The number of sulfonamides is 1. The van der Waals surface area contributed by atoms with Crippen molar-refractivity contribution in [3.05, 3.63) is 64.2 Å². The van der Waals surface area contributed by atoms with E-state index in [4.69, 9.17) is 5.11 Å². The second-order valence-corrected chi connectivity index (χ2v) is 10.4. The van der Waals surface area contributed by atoms with Crippen LogP contribution in [0.2, 0.25) is 0 Å². The van der Waals surface area contributed by atoms with Crippen molar-refractivity contribution < 1.29 is 18.3 Å². The van der Waals surface area contributed by atoms with Crippen LogP contribution >= 0.6 is 0 Å². The van der Waals surface area contributed by atoms with Crippen molar-refractivity contribution in [2.24, 2.45) is 5.92 Å². The lowest BCUT2D eigenvalue weighted by atomic mass is 9.95. The van der Waals surface area contributed by atoms with E-state index in [0.717, 1.165) is 48.8 Å². The van der Waals surface area contributed by atoms with E-state index in [9.17, 15) is 13.2 Å². The molecule has 1 unspecified atom stereocenters. The van der Waals surface area contributed by atoms with Crippen molar-refractivity contribution in [1.82, 2.24) is 4.31 Å². The number of carboxylic acids is 1. The van der Waals surface area contributed by atoms with Crippen molar-refractivity contribution in [1.29, 1.82) is 0 Å². The minimum Gasteiger partial charge on any atom is -0.481 e. The van der Waals surface area contributed by atoms with Gasteiger partial charge in [0.2, 0.25) is 10.0 Å². The third-order valence-corrected chi connectivity index (χ3v) is 8.39. The van der Waals surface area contributed by atoms with Gasteiger partial charge in [-0.05, 0) is 71.9 Å². The highest BCUT2D eigenvalue weighted by Crippen LogP contribution is 2.33. The summed E-state index contributed by atoms with van der Waals surface area (Å²) in [6.45, 7) is 2.99. The number of fused-ring (bicyclic) bond motifs is 2. The molecule has 5 nitrogen and oxygen atoms in total. The normalized spacial score (nSPS) is 20.4. The predicted octanol–water partition coefficient (Wildman–Crippen LogP) is 3.97. The van der Waals surface area contributed by atoms with Crippen molar-refractivity contribution in [2.75, 3.05) is 6.54 Å². The maximum atomic E-state index is 13.5. The molecule has 2 aromatic carbocycles. The highest BCUT2D eigenvalue weighted by atomic mass is 32.2. The Balaban J connectivity index is 1.71. The summed E-state index contributed by atoms with van der Waals surface area (Å²) in [5.74, 6) is -0.527. The Bertz CT molecular complexity index is 1060. The number of hydrogen-bond acceptors (Lipinski definition) is 3. The van der Waals surface area contributed by atoms with Crippen LogP contribution < -0.4 is 0 Å². The molecule has 30 heavy (non-hydrogen) atoms. The Morgan fingerprint density at radius 3 is 2.73 bits per heavy atom. The molecule has 160 valence electrons. The molecule has 6 heteroatoms. The Hall–Kier alpha value is -2.18. The maximum absolute atomic E-state index is 13.5. The standard InChI is InChI=1S/C24H29NO4S/c1-2-17-12-20-6-3-4-9-23(20)30(28,29)25(15-17)16-21-14-18(10-11-24(26)27)13-19-7-5-8-22(19)21/h3-4,6,9,13-14,17H,2,5,7-8,10-12,15-16H2,1H3,(H,26,27). The molecule has 0 bridgehead atoms. The second kappa shape index (κ2) is 8.52. The predicted molar refractivity (Wildman–Crippen MR) is 116 cm³/mol. The van der Waals surface area contributed by atoms with E-state index < -0.39 is 16.0 Å². The first-order chi connectivity index (χ1) is 14.4. The van der Waals surface area contributed by atoms with Crippen LogP contribution in [0, 0.1) is 5.92 Å². The minimum atomic E-state index is -3.58. The van der Waals surface area contributed by atoms with Crippen LogP contribution in [-0.2, 0) is 47.0 Å². The Kier molecular flexibility index (Phi) is 5.98. The highest BCUT2D eigenvalue weighted by Gasteiger charge is 2.33. The zero-order chi connectivity index (χ0) is 21.3. The molecule has 0 saturated heterocycles. The number of aliphatic carboxylic acids is 1. The smallest absolute Gasteiger partial charge is 0.303 e. The van der Waals surface area contributed by atoms with Crippen molar-refractivity contribution in [2.45, 2.75) is 63.3 Å². The average molecular weight is 428 g/mol. The van der Waals surface area contributed by atoms with Gasteiger partial charge in [-0.1, -0.05) is 43.7 Å². The van der Waals surface area contributed by atoms with Gasteiger partial charge in [0.25, 0.3) is 0 Å². The van der Waals surface area contributed by atoms with Crippen LogP contribution in [-0.4, -0.2) is 30.3 Å². The van der Waals surface area contributed by atoms with Crippen LogP contribution in [0.4, 0.5) is 0 Å². The topological polar surface area (TPSA) is 74.7 Å². The number of carboxylic acid groups (broad SMARTS) is 1. The summed E-state index contributed by atoms with van der Waals surface area (Å²) in [4.78, 5) is 11.5. The molecule has 0 saturated carbocycles. The molecule has 1 aliphatic carbocycles. The van der Waals surface area contributed by atoms with Gasteiger partial charge in [0, 0.05) is 19.5 Å². The van der Waals surface area contributed by atoms with E-state index in [1.54, 1.807) is 16.4 Å². The largest absolute Gasteiger partial charge is 0.481 e. The molecule has 1 N–H and O–H groups in total. The van der Waals surface area contributed by atoms with Crippen LogP contribution in [0.1, 0.15) is 54.0 Å². The number of benzene rings is 2. The molecule has 4 rings (SSSR count). The fourth-order valence-corrected chi connectivity index (χ4v) is 6.57. The van der Waals surface area contributed by atoms with Gasteiger partial charge in [-0.25, -0.2) is 8.42 Å². The number of nitrogens with zero attached hydrogens (tertiary/aromatic N) is 1. The molecular weight excluding hydrogens is 398 g/mol. The molecule has 1 heterocycles. The molecular formula is C24H29NO4S. The van der Waals surface area contributed by atoms with E-state index in [0.29, 0.717) is 24.4 Å². The van der Waals surface area contributed by atoms with Gasteiger partial charge in [-0.3, -0.25) is 4.79 Å². The lowest BCUT2D eigenvalue weighted by Gasteiger charge is -2.25. The zero-order valence-corrected chi connectivity index (χ0v) is 18.2. The van der Waals surface area contributed by atoms with Crippen molar-refractivity contribution in [3.63, 3.8) is 0 Å². The zero-order valence-electron chi connectivity index (χ0n) is 17.4. The molecule has 0 radical (unpaired) electrons. The first-order valence-electron chi connectivity index (χ1n) is 10.8. The average Bonchev–Trinajstić information content (AvgIpc) is 3.16. The third-order valence-electron chi connectivity index (χ3n) is 6.48. The van der Waals surface area contributed by atoms with Gasteiger partial charge in [0.1, 0.15) is 0 Å². The Morgan fingerprint density at radius 1 is 1.17 bits per heavy atom. The first-order valence-corrected chi connectivity index (χ1v) is 12.3.